The number of nitrogens with one attached hydrogen (secondary N) is 1. The van der Waals surface area contributed by atoms with E-state index in [2.05, 4.69) is 16.4 Å². The Bertz CT molecular complexity index is 1170. The van der Waals surface area contributed by atoms with Gasteiger partial charge in [-0.3, -0.25) is 4.40 Å². The second-order valence-electron chi connectivity index (χ2n) is 7.38. The van der Waals surface area contributed by atoms with Crippen LogP contribution in [0.4, 0.5) is 5.82 Å². The second-order valence-corrected chi connectivity index (χ2v) is 9.52. The number of aryl methyl sites for hydroxylation is 1. The molecule has 6 nitrogen and oxygen atoms in total. The van der Waals surface area contributed by atoms with E-state index in [0.29, 0.717) is 17.8 Å². The summed E-state index contributed by atoms with van der Waals surface area (Å²) in [5.41, 5.74) is 3.61. The summed E-state index contributed by atoms with van der Waals surface area (Å²) in [5.74, 6) is 1.04. The number of hydrogen-bond acceptors (Lipinski definition) is 5. The molecule has 1 aliphatic carbocycles. The van der Waals surface area contributed by atoms with Gasteiger partial charge in [0.25, 0.3) is 0 Å². The van der Waals surface area contributed by atoms with Crippen LogP contribution in [0.1, 0.15) is 24.0 Å². The van der Waals surface area contributed by atoms with Gasteiger partial charge in [0.15, 0.2) is 5.65 Å². The summed E-state index contributed by atoms with van der Waals surface area (Å²) in [4.78, 5) is 4.63. The lowest BCUT2D eigenvalue weighted by molar-refractivity contribution is 0.560. The maximum absolute atomic E-state index is 11.7. The molecule has 3 aromatic rings. The number of imidazole rings is 1. The van der Waals surface area contributed by atoms with Crippen LogP contribution < -0.4 is 5.32 Å². The number of sulfone groups is 1. The highest BCUT2D eigenvalue weighted by Gasteiger charge is 2.45. The Labute approximate surface area is 152 Å². The Hall–Kier alpha value is -2.59. The third-order valence-corrected chi connectivity index (χ3v) is 6.19. The summed E-state index contributed by atoms with van der Waals surface area (Å²) >= 11 is 0. The van der Waals surface area contributed by atoms with Crippen molar-refractivity contribution in [2.45, 2.75) is 19.8 Å². The zero-order valence-electron chi connectivity index (χ0n) is 14.8. The minimum absolute atomic E-state index is 0.182. The molecule has 0 amide bonds. The van der Waals surface area contributed by atoms with Crippen molar-refractivity contribution >= 4 is 32.3 Å². The first kappa shape index (κ1) is 16.9. The molecule has 2 heterocycles. The highest BCUT2D eigenvalue weighted by atomic mass is 32.2. The lowest BCUT2D eigenvalue weighted by atomic mass is 10.1. The van der Waals surface area contributed by atoms with E-state index in [4.69, 9.17) is 0 Å². The quantitative estimate of drug-likeness (QED) is 0.748. The molecule has 0 atom stereocenters. The van der Waals surface area contributed by atoms with E-state index in [9.17, 15) is 13.7 Å². The molecule has 26 heavy (non-hydrogen) atoms. The maximum atomic E-state index is 11.7. The molecule has 0 unspecified atom stereocenters. The van der Waals surface area contributed by atoms with Crippen LogP contribution in [0.3, 0.4) is 0 Å². The van der Waals surface area contributed by atoms with Gasteiger partial charge in [-0.25, -0.2) is 13.4 Å². The first-order valence-corrected chi connectivity index (χ1v) is 10.6. The van der Waals surface area contributed by atoms with E-state index in [-0.39, 0.29) is 11.2 Å². The maximum Gasteiger partial charge on any atom is 0.157 e. The van der Waals surface area contributed by atoms with Crippen molar-refractivity contribution in [3.8, 4) is 6.07 Å². The summed E-state index contributed by atoms with van der Waals surface area (Å²) in [6.45, 7) is 2.49. The molecule has 1 fully saturated rings. The number of aromatic nitrogens is 2. The number of anilines is 1. The van der Waals surface area contributed by atoms with Crippen LogP contribution in [0, 0.1) is 23.7 Å². The Morgan fingerprint density at radius 1 is 1.35 bits per heavy atom. The van der Waals surface area contributed by atoms with E-state index >= 15 is 0 Å². The average molecular weight is 368 g/mol. The van der Waals surface area contributed by atoms with E-state index in [1.165, 1.54) is 6.26 Å². The molecule has 0 radical (unpaired) electrons. The largest absolute Gasteiger partial charge is 0.371 e. The van der Waals surface area contributed by atoms with Crippen LogP contribution in [-0.4, -0.2) is 36.4 Å². The van der Waals surface area contributed by atoms with Gasteiger partial charge in [-0.1, -0.05) is 12.1 Å². The first-order valence-electron chi connectivity index (χ1n) is 8.54. The molecular weight excluding hydrogens is 348 g/mol. The van der Waals surface area contributed by atoms with Crippen molar-refractivity contribution in [1.82, 2.24) is 9.38 Å². The fourth-order valence-electron chi connectivity index (χ4n) is 3.61. The van der Waals surface area contributed by atoms with Crippen LogP contribution in [0.2, 0.25) is 0 Å². The minimum Gasteiger partial charge on any atom is -0.371 e. The van der Waals surface area contributed by atoms with Crippen LogP contribution in [0.15, 0.2) is 30.3 Å². The molecule has 1 saturated carbocycles. The SMILES string of the molecule is Cc1cc(NCC2(CS(C)(=O)=O)CC2)n2c(nc3ccccc32)c1C#N. The molecule has 1 N–H and O–H groups in total. The normalized spacial score (nSPS) is 15.9. The van der Waals surface area contributed by atoms with Crippen molar-refractivity contribution < 1.29 is 8.42 Å². The topological polar surface area (TPSA) is 87.3 Å². The number of benzene rings is 1. The summed E-state index contributed by atoms with van der Waals surface area (Å²) in [5, 5.41) is 13.0. The predicted molar refractivity (Wildman–Crippen MR) is 102 cm³/mol. The molecule has 0 spiro atoms. The van der Waals surface area contributed by atoms with Gasteiger partial charge >= 0.3 is 0 Å². The van der Waals surface area contributed by atoms with E-state index < -0.39 is 9.84 Å². The van der Waals surface area contributed by atoms with Crippen molar-refractivity contribution in [2.75, 3.05) is 23.9 Å². The number of nitriles is 1. The molecule has 0 saturated heterocycles. The lowest BCUT2D eigenvalue weighted by Crippen LogP contribution is -2.24. The first-order chi connectivity index (χ1) is 12.3. The number of rotatable bonds is 5. The third-order valence-electron chi connectivity index (χ3n) is 5.05. The third kappa shape index (κ3) is 2.90. The highest BCUT2D eigenvalue weighted by Crippen LogP contribution is 2.46. The molecule has 134 valence electrons. The van der Waals surface area contributed by atoms with Crippen molar-refractivity contribution in [3.05, 3.63) is 41.5 Å². The molecule has 1 aliphatic rings. The average Bonchev–Trinajstić information content (AvgIpc) is 3.20. The number of pyridine rings is 1. The molecule has 2 aromatic heterocycles. The van der Waals surface area contributed by atoms with Crippen molar-refractivity contribution in [1.29, 1.82) is 5.26 Å². The minimum atomic E-state index is -3.01. The van der Waals surface area contributed by atoms with Gasteiger partial charge in [0.05, 0.1) is 22.3 Å². The lowest BCUT2D eigenvalue weighted by Gasteiger charge is -2.18. The van der Waals surface area contributed by atoms with Gasteiger partial charge in [-0.2, -0.15) is 5.26 Å². The van der Waals surface area contributed by atoms with E-state index in [1.807, 2.05) is 41.7 Å². The van der Waals surface area contributed by atoms with E-state index in [1.54, 1.807) is 0 Å². The summed E-state index contributed by atoms with van der Waals surface area (Å²) < 4.78 is 25.4. The molecule has 0 aliphatic heterocycles. The van der Waals surface area contributed by atoms with Gasteiger partial charge in [-0.05, 0) is 43.5 Å². The number of para-hydroxylation sites is 2. The molecule has 1 aromatic carbocycles. The number of hydrogen-bond donors (Lipinski definition) is 1. The smallest absolute Gasteiger partial charge is 0.157 e. The molecule has 0 bridgehead atoms. The van der Waals surface area contributed by atoms with Crippen LogP contribution >= 0.6 is 0 Å². The monoisotopic (exact) mass is 368 g/mol. The van der Waals surface area contributed by atoms with Gasteiger partial charge in [0, 0.05) is 18.2 Å². The van der Waals surface area contributed by atoms with Crippen molar-refractivity contribution in [3.63, 3.8) is 0 Å². The second kappa shape index (κ2) is 5.71. The van der Waals surface area contributed by atoms with E-state index in [0.717, 1.165) is 35.3 Å². The molecule has 4 rings (SSSR count). The van der Waals surface area contributed by atoms with Crippen LogP contribution in [0.25, 0.3) is 16.7 Å². The van der Waals surface area contributed by atoms with Gasteiger partial charge in [0.2, 0.25) is 0 Å². The summed E-state index contributed by atoms with van der Waals surface area (Å²) in [6.07, 6.45) is 3.12. The summed E-state index contributed by atoms with van der Waals surface area (Å²) in [6, 6.07) is 12.0. The Balaban J connectivity index is 1.79. The standard InChI is InChI=1S/C19H20N4O2S/c1-13-9-17(21-11-19(7-8-19)12-26(2,24)25)23-16-6-4-3-5-15(16)22-18(23)14(13)10-20/h3-6,9,21H,7-8,11-12H2,1-2H3. The Morgan fingerprint density at radius 2 is 2.08 bits per heavy atom. The molecular formula is C19H20N4O2S. The zero-order valence-corrected chi connectivity index (χ0v) is 15.6. The number of fused-ring (bicyclic) bond motifs is 3. The zero-order chi connectivity index (χ0) is 18.5. The molecule has 7 heteroatoms. The van der Waals surface area contributed by atoms with Gasteiger partial charge in [-0.15, -0.1) is 0 Å². The Morgan fingerprint density at radius 3 is 2.73 bits per heavy atom. The van der Waals surface area contributed by atoms with Crippen molar-refractivity contribution in [2.24, 2.45) is 5.41 Å². The van der Waals surface area contributed by atoms with Gasteiger partial charge in [0.1, 0.15) is 21.7 Å². The number of nitrogens with zero attached hydrogens (tertiary/aromatic N) is 3. The highest BCUT2D eigenvalue weighted by molar-refractivity contribution is 7.90. The van der Waals surface area contributed by atoms with Crippen LogP contribution in [-0.2, 0) is 9.84 Å². The van der Waals surface area contributed by atoms with Crippen LogP contribution in [0.5, 0.6) is 0 Å². The van der Waals surface area contributed by atoms with Gasteiger partial charge < -0.3 is 5.32 Å². The summed E-state index contributed by atoms with van der Waals surface area (Å²) in [7, 11) is -3.01. The Kier molecular flexibility index (Phi) is 3.70. The fourth-order valence-corrected chi connectivity index (χ4v) is 5.11. The predicted octanol–water partition coefficient (Wildman–Crippen LogP) is 2.90. The fraction of sp³-hybridized carbons (Fsp3) is 0.368.